The van der Waals surface area contributed by atoms with Crippen LogP contribution in [0.3, 0.4) is 0 Å². The zero-order valence-corrected chi connectivity index (χ0v) is 5.71. The van der Waals surface area contributed by atoms with E-state index in [2.05, 4.69) is 4.98 Å². The first-order chi connectivity index (χ1) is 4.90. The molecule has 1 aromatic heterocycles. The standard InChI is InChI=1S/C7H10N2O/c8-3-6-4-9-7(10-6)5-1-2-5/h4-5H,1-3,8H2. The van der Waals surface area contributed by atoms with Gasteiger partial charge in [0, 0.05) is 5.92 Å². The molecule has 54 valence electrons. The van der Waals surface area contributed by atoms with Crippen LogP contribution in [0.25, 0.3) is 0 Å². The van der Waals surface area contributed by atoms with Gasteiger partial charge in [0.15, 0.2) is 5.89 Å². The van der Waals surface area contributed by atoms with Crippen molar-refractivity contribution >= 4 is 0 Å². The molecule has 0 atom stereocenters. The lowest BCUT2D eigenvalue weighted by Gasteiger charge is -1.86. The maximum Gasteiger partial charge on any atom is 0.197 e. The summed E-state index contributed by atoms with van der Waals surface area (Å²) in [5, 5.41) is 0. The molecular formula is C7H10N2O. The van der Waals surface area contributed by atoms with Crippen LogP contribution in [0.1, 0.15) is 30.4 Å². The molecule has 2 N–H and O–H groups in total. The number of hydrogen-bond donors (Lipinski definition) is 1. The van der Waals surface area contributed by atoms with Crippen molar-refractivity contribution in [1.82, 2.24) is 4.98 Å². The Balaban J connectivity index is 2.19. The first-order valence-corrected chi connectivity index (χ1v) is 3.55. The van der Waals surface area contributed by atoms with Crippen LogP contribution in [-0.2, 0) is 6.54 Å². The molecule has 0 aliphatic heterocycles. The summed E-state index contributed by atoms with van der Waals surface area (Å²) < 4.78 is 5.32. The molecule has 1 aliphatic carbocycles. The van der Waals surface area contributed by atoms with Crippen LogP contribution in [0.4, 0.5) is 0 Å². The van der Waals surface area contributed by atoms with E-state index in [9.17, 15) is 0 Å². The molecule has 1 saturated carbocycles. The second-order valence-corrected chi connectivity index (χ2v) is 2.64. The smallest absolute Gasteiger partial charge is 0.197 e. The number of nitrogens with zero attached hydrogens (tertiary/aromatic N) is 1. The van der Waals surface area contributed by atoms with Gasteiger partial charge in [0.05, 0.1) is 12.7 Å². The van der Waals surface area contributed by atoms with E-state index >= 15 is 0 Å². The molecule has 0 radical (unpaired) electrons. The van der Waals surface area contributed by atoms with E-state index in [-0.39, 0.29) is 0 Å². The Morgan fingerprint density at radius 3 is 3.00 bits per heavy atom. The Bertz CT molecular complexity index is 227. The van der Waals surface area contributed by atoms with Gasteiger partial charge in [-0.3, -0.25) is 0 Å². The Hall–Kier alpha value is -0.830. The quantitative estimate of drug-likeness (QED) is 0.663. The van der Waals surface area contributed by atoms with Crippen LogP contribution in [0.2, 0.25) is 0 Å². The normalized spacial score (nSPS) is 17.7. The highest BCUT2D eigenvalue weighted by Crippen LogP contribution is 2.39. The van der Waals surface area contributed by atoms with Gasteiger partial charge in [-0.15, -0.1) is 0 Å². The van der Waals surface area contributed by atoms with Crippen molar-refractivity contribution in [1.29, 1.82) is 0 Å². The van der Waals surface area contributed by atoms with Crippen LogP contribution in [0.5, 0.6) is 0 Å². The summed E-state index contributed by atoms with van der Waals surface area (Å²) in [6.07, 6.45) is 4.17. The highest BCUT2D eigenvalue weighted by molar-refractivity contribution is 5.04. The monoisotopic (exact) mass is 138 g/mol. The van der Waals surface area contributed by atoms with Gasteiger partial charge >= 0.3 is 0 Å². The number of aromatic nitrogens is 1. The maximum atomic E-state index is 5.35. The third kappa shape index (κ3) is 0.926. The van der Waals surface area contributed by atoms with Crippen molar-refractivity contribution in [2.45, 2.75) is 25.3 Å². The third-order valence-corrected chi connectivity index (χ3v) is 1.70. The van der Waals surface area contributed by atoms with Crippen LogP contribution in [-0.4, -0.2) is 4.98 Å². The summed E-state index contributed by atoms with van der Waals surface area (Å²) in [5.41, 5.74) is 5.35. The highest BCUT2D eigenvalue weighted by atomic mass is 16.4. The summed E-state index contributed by atoms with van der Waals surface area (Å²) in [7, 11) is 0. The van der Waals surface area contributed by atoms with Gasteiger partial charge in [-0.1, -0.05) is 0 Å². The van der Waals surface area contributed by atoms with E-state index in [1.807, 2.05) is 0 Å². The summed E-state index contributed by atoms with van der Waals surface area (Å²) >= 11 is 0. The summed E-state index contributed by atoms with van der Waals surface area (Å²) in [4.78, 5) is 4.10. The molecule has 0 bridgehead atoms. The molecule has 2 rings (SSSR count). The number of rotatable bonds is 2. The highest BCUT2D eigenvalue weighted by Gasteiger charge is 2.28. The van der Waals surface area contributed by atoms with Gasteiger partial charge in [-0.2, -0.15) is 0 Å². The van der Waals surface area contributed by atoms with E-state index in [1.165, 1.54) is 12.8 Å². The predicted molar refractivity (Wildman–Crippen MR) is 36.4 cm³/mol. The second kappa shape index (κ2) is 2.09. The molecule has 0 spiro atoms. The van der Waals surface area contributed by atoms with Gasteiger partial charge in [0.2, 0.25) is 0 Å². The van der Waals surface area contributed by atoms with E-state index in [1.54, 1.807) is 6.20 Å². The molecule has 0 unspecified atom stereocenters. The van der Waals surface area contributed by atoms with Gasteiger partial charge in [-0.25, -0.2) is 4.98 Å². The van der Waals surface area contributed by atoms with Crippen LogP contribution in [0, 0.1) is 0 Å². The van der Waals surface area contributed by atoms with Crippen molar-refractivity contribution in [3.63, 3.8) is 0 Å². The number of hydrogen-bond acceptors (Lipinski definition) is 3. The molecule has 1 aromatic rings. The topological polar surface area (TPSA) is 52.0 Å². The van der Waals surface area contributed by atoms with E-state index in [4.69, 9.17) is 10.2 Å². The fourth-order valence-corrected chi connectivity index (χ4v) is 0.936. The fourth-order valence-electron chi connectivity index (χ4n) is 0.936. The zero-order chi connectivity index (χ0) is 6.97. The van der Waals surface area contributed by atoms with Gasteiger partial charge < -0.3 is 10.2 Å². The first-order valence-electron chi connectivity index (χ1n) is 3.55. The second-order valence-electron chi connectivity index (χ2n) is 2.64. The van der Waals surface area contributed by atoms with Gasteiger partial charge in [-0.05, 0) is 12.8 Å². The largest absolute Gasteiger partial charge is 0.444 e. The van der Waals surface area contributed by atoms with Crippen molar-refractivity contribution in [2.24, 2.45) is 5.73 Å². The molecule has 1 heterocycles. The summed E-state index contributed by atoms with van der Waals surface area (Å²) in [5.74, 6) is 2.27. The van der Waals surface area contributed by atoms with Gasteiger partial charge in [0.25, 0.3) is 0 Å². The Morgan fingerprint density at radius 2 is 2.50 bits per heavy atom. The van der Waals surface area contributed by atoms with Crippen molar-refractivity contribution < 1.29 is 4.42 Å². The van der Waals surface area contributed by atoms with E-state index < -0.39 is 0 Å². The van der Waals surface area contributed by atoms with Gasteiger partial charge in [0.1, 0.15) is 5.76 Å². The number of nitrogens with two attached hydrogens (primary N) is 1. The Kier molecular flexibility index (Phi) is 1.24. The van der Waals surface area contributed by atoms with Crippen LogP contribution in [0.15, 0.2) is 10.6 Å². The van der Waals surface area contributed by atoms with Crippen molar-refractivity contribution in [2.75, 3.05) is 0 Å². The minimum Gasteiger partial charge on any atom is -0.444 e. The molecular weight excluding hydrogens is 128 g/mol. The maximum absolute atomic E-state index is 5.35. The predicted octanol–water partition coefficient (Wildman–Crippen LogP) is 1.01. The molecule has 1 fully saturated rings. The number of oxazole rings is 1. The molecule has 1 aliphatic rings. The molecule has 0 amide bonds. The zero-order valence-electron chi connectivity index (χ0n) is 5.71. The summed E-state index contributed by atoms with van der Waals surface area (Å²) in [6.45, 7) is 0.458. The van der Waals surface area contributed by atoms with Crippen molar-refractivity contribution in [3.05, 3.63) is 17.8 Å². The lowest BCUT2D eigenvalue weighted by atomic mass is 10.4. The average Bonchev–Trinajstić information content (AvgIpc) is 2.70. The average molecular weight is 138 g/mol. The lowest BCUT2D eigenvalue weighted by Crippen LogP contribution is -1.92. The first kappa shape index (κ1) is 5.92. The lowest BCUT2D eigenvalue weighted by molar-refractivity contribution is 0.458. The molecule has 10 heavy (non-hydrogen) atoms. The molecule has 0 saturated heterocycles. The SMILES string of the molecule is NCc1cnc(C2CC2)o1. The fraction of sp³-hybridized carbons (Fsp3) is 0.571. The third-order valence-electron chi connectivity index (χ3n) is 1.70. The van der Waals surface area contributed by atoms with Crippen LogP contribution < -0.4 is 5.73 Å². The van der Waals surface area contributed by atoms with Crippen LogP contribution >= 0.6 is 0 Å². The molecule has 3 heteroatoms. The minimum atomic E-state index is 0.458. The molecule has 0 aromatic carbocycles. The van der Waals surface area contributed by atoms with E-state index in [0.29, 0.717) is 12.5 Å². The van der Waals surface area contributed by atoms with Crippen molar-refractivity contribution in [3.8, 4) is 0 Å². The Morgan fingerprint density at radius 1 is 1.70 bits per heavy atom. The summed E-state index contributed by atoms with van der Waals surface area (Å²) in [6, 6.07) is 0. The Labute approximate surface area is 59.2 Å². The molecule has 3 nitrogen and oxygen atoms in total. The minimum absolute atomic E-state index is 0.458. The van der Waals surface area contributed by atoms with E-state index in [0.717, 1.165) is 11.7 Å².